The third-order valence-electron chi connectivity index (χ3n) is 5.54. The molecule has 0 bridgehead atoms. The zero-order valence-electron chi connectivity index (χ0n) is 16.6. The molecule has 0 atom stereocenters. The van der Waals surface area contributed by atoms with E-state index in [-0.39, 0.29) is 0 Å². The van der Waals surface area contributed by atoms with Gasteiger partial charge in [0.25, 0.3) is 0 Å². The summed E-state index contributed by atoms with van der Waals surface area (Å²) >= 11 is 0. The fraction of sp³-hybridized carbons (Fsp3) is 0.739. The van der Waals surface area contributed by atoms with Crippen LogP contribution in [0.4, 0.5) is 0 Å². The van der Waals surface area contributed by atoms with E-state index < -0.39 is 0 Å². The largest absolute Gasteiger partial charge is 0.301 e. The second-order valence-corrected chi connectivity index (χ2v) is 7.79. The summed E-state index contributed by atoms with van der Waals surface area (Å²) < 4.78 is 0. The SMILES string of the molecule is CCCCCCCCCCCCN1CCN(Cc2ccccc2)CC1. The fourth-order valence-corrected chi connectivity index (χ4v) is 3.84. The molecule has 142 valence electrons. The van der Waals surface area contributed by atoms with E-state index in [0.717, 1.165) is 6.54 Å². The fourth-order valence-electron chi connectivity index (χ4n) is 3.84. The number of benzene rings is 1. The first-order valence-corrected chi connectivity index (χ1v) is 10.9. The number of hydrogen-bond acceptors (Lipinski definition) is 2. The van der Waals surface area contributed by atoms with Crippen LogP contribution in [-0.2, 0) is 6.54 Å². The van der Waals surface area contributed by atoms with Crippen LogP contribution < -0.4 is 0 Å². The second kappa shape index (κ2) is 13.4. The summed E-state index contributed by atoms with van der Waals surface area (Å²) in [5.41, 5.74) is 1.45. The highest BCUT2D eigenvalue weighted by Crippen LogP contribution is 2.12. The standard InChI is InChI=1S/C23H40N2/c1-2-3-4-5-6-7-8-9-10-14-17-24-18-20-25(21-19-24)22-23-15-12-11-13-16-23/h11-13,15-16H,2-10,14,17-22H2,1H3. The van der Waals surface area contributed by atoms with Gasteiger partial charge in [0.1, 0.15) is 0 Å². The van der Waals surface area contributed by atoms with Gasteiger partial charge in [-0.1, -0.05) is 95.0 Å². The molecule has 2 rings (SSSR count). The monoisotopic (exact) mass is 344 g/mol. The molecule has 0 unspecified atom stereocenters. The number of rotatable bonds is 13. The lowest BCUT2D eigenvalue weighted by molar-refractivity contribution is 0.125. The normalized spacial score (nSPS) is 16.4. The molecule has 2 heteroatoms. The molecule has 1 aliphatic heterocycles. The number of nitrogens with zero attached hydrogens (tertiary/aromatic N) is 2. The minimum atomic E-state index is 1.12. The minimum absolute atomic E-state index is 1.12. The van der Waals surface area contributed by atoms with Crippen molar-refractivity contribution in [3.63, 3.8) is 0 Å². The molecule has 1 fully saturated rings. The van der Waals surface area contributed by atoms with Gasteiger partial charge in [0.2, 0.25) is 0 Å². The molecule has 0 aliphatic carbocycles. The first-order valence-electron chi connectivity index (χ1n) is 10.9. The Morgan fingerprint density at radius 1 is 0.640 bits per heavy atom. The molecule has 1 saturated heterocycles. The van der Waals surface area contributed by atoms with E-state index in [1.165, 1.54) is 102 Å². The van der Waals surface area contributed by atoms with Crippen LogP contribution in [0.5, 0.6) is 0 Å². The van der Waals surface area contributed by atoms with Crippen molar-refractivity contribution in [2.45, 2.75) is 77.7 Å². The highest BCUT2D eigenvalue weighted by atomic mass is 15.3. The Hall–Kier alpha value is -0.860. The lowest BCUT2D eigenvalue weighted by atomic mass is 10.1. The van der Waals surface area contributed by atoms with Crippen molar-refractivity contribution in [3.05, 3.63) is 35.9 Å². The van der Waals surface area contributed by atoms with Gasteiger partial charge < -0.3 is 4.90 Å². The summed E-state index contributed by atoms with van der Waals surface area (Å²) in [6.07, 6.45) is 14.4. The predicted octanol–water partition coefficient (Wildman–Crippen LogP) is 5.73. The molecule has 0 N–H and O–H groups in total. The maximum atomic E-state index is 2.67. The van der Waals surface area contributed by atoms with E-state index in [0.29, 0.717) is 0 Å². The number of hydrogen-bond donors (Lipinski definition) is 0. The molecule has 0 amide bonds. The van der Waals surface area contributed by atoms with Crippen LogP contribution in [0, 0.1) is 0 Å². The maximum absolute atomic E-state index is 2.67. The van der Waals surface area contributed by atoms with Crippen molar-refractivity contribution >= 4 is 0 Å². The molecule has 0 aromatic heterocycles. The van der Waals surface area contributed by atoms with Crippen LogP contribution in [0.25, 0.3) is 0 Å². The van der Waals surface area contributed by atoms with Gasteiger partial charge in [0, 0.05) is 32.7 Å². The Morgan fingerprint density at radius 2 is 1.16 bits per heavy atom. The van der Waals surface area contributed by atoms with Gasteiger partial charge in [-0.05, 0) is 18.5 Å². The predicted molar refractivity (Wildman–Crippen MR) is 110 cm³/mol. The van der Waals surface area contributed by atoms with Crippen LogP contribution in [-0.4, -0.2) is 42.5 Å². The zero-order chi connectivity index (χ0) is 17.6. The Labute approximate surface area is 156 Å². The van der Waals surface area contributed by atoms with Crippen molar-refractivity contribution in [1.29, 1.82) is 0 Å². The Balaban J connectivity index is 1.41. The van der Waals surface area contributed by atoms with Crippen LogP contribution >= 0.6 is 0 Å². The van der Waals surface area contributed by atoms with E-state index in [1.54, 1.807) is 0 Å². The molecule has 0 radical (unpaired) electrons. The summed E-state index contributed by atoms with van der Waals surface area (Å²) in [5, 5.41) is 0. The minimum Gasteiger partial charge on any atom is -0.301 e. The molecule has 0 saturated carbocycles. The molecule has 1 aromatic rings. The first-order chi connectivity index (χ1) is 12.4. The Morgan fingerprint density at radius 3 is 1.76 bits per heavy atom. The van der Waals surface area contributed by atoms with Crippen LogP contribution in [0.2, 0.25) is 0 Å². The maximum Gasteiger partial charge on any atom is 0.0234 e. The van der Waals surface area contributed by atoms with Crippen molar-refractivity contribution in [1.82, 2.24) is 9.80 Å². The van der Waals surface area contributed by atoms with Crippen LogP contribution in [0.3, 0.4) is 0 Å². The second-order valence-electron chi connectivity index (χ2n) is 7.79. The van der Waals surface area contributed by atoms with E-state index in [2.05, 4.69) is 47.1 Å². The van der Waals surface area contributed by atoms with Crippen molar-refractivity contribution in [2.24, 2.45) is 0 Å². The molecule has 0 spiro atoms. The lowest BCUT2D eigenvalue weighted by Gasteiger charge is -2.34. The molecule has 25 heavy (non-hydrogen) atoms. The van der Waals surface area contributed by atoms with Gasteiger partial charge in [0.05, 0.1) is 0 Å². The van der Waals surface area contributed by atoms with Gasteiger partial charge in [-0.15, -0.1) is 0 Å². The van der Waals surface area contributed by atoms with Gasteiger partial charge >= 0.3 is 0 Å². The summed E-state index contributed by atoms with van der Waals surface area (Å²) in [5.74, 6) is 0. The average molecular weight is 345 g/mol. The third kappa shape index (κ3) is 9.42. The van der Waals surface area contributed by atoms with E-state index in [1.807, 2.05) is 0 Å². The topological polar surface area (TPSA) is 6.48 Å². The molecule has 2 nitrogen and oxygen atoms in total. The number of unbranched alkanes of at least 4 members (excludes halogenated alkanes) is 9. The van der Waals surface area contributed by atoms with Gasteiger partial charge in [-0.3, -0.25) is 4.90 Å². The quantitative estimate of drug-likeness (QED) is 0.422. The van der Waals surface area contributed by atoms with Crippen molar-refractivity contribution in [2.75, 3.05) is 32.7 Å². The summed E-state index contributed by atoms with van der Waals surface area (Å²) in [6.45, 7) is 9.69. The highest BCUT2D eigenvalue weighted by Gasteiger charge is 2.16. The summed E-state index contributed by atoms with van der Waals surface area (Å²) in [7, 11) is 0. The summed E-state index contributed by atoms with van der Waals surface area (Å²) in [6, 6.07) is 10.9. The molecule has 1 aliphatic rings. The summed E-state index contributed by atoms with van der Waals surface area (Å²) in [4.78, 5) is 5.27. The van der Waals surface area contributed by atoms with Crippen LogP contribution in [0.15, 0.2) is 30.3 Å². The van der Waals surface area contributed by atoms with Crippen molar-refractivity contribution in [3.8, 4) is 0 Å². The van der Waals surface area contributed by atoms with E-state index in [9.17, 15) is 0 Å². The molecular weight excluding hydrogens is 304 g/mol. The zero-order valence-corrected chi connectivity index (χ0v) is 16.6. The molecule has 1 aromatic carbocycles. The smallest absolute Gasteiger partial charge is 0.0234 e. The third-order valence-corrected chi connectivity index (χ3v) is 5.54. The van der Waals surface area contributed by atoms with Gasteiger partial charge in [-0.25, -0.2) is 0 Å². The van der Waals surface area contributed by atoms with Crippen LogP contribution in [0.1, 0.15) is 76.7 Å². The van der Waals surface area contributed by atoms with E-state index in [4.69, 9.17) is 0 Å². The van der Waals surface area contributed by atoms with Gasteiger partial charge in [-0.2, -0.15) is 0 Å². The highest BCUT2D eigenvalue weighted by molar-refractivity contribution is 5.14. The van der Waals surface area contributed by atoms with E-state index >= 15 is 0 Å². The van der Waals surface area contributed by atoms with Crippen molar-refractivity contribution < 1.29 is 0 Å². The lowest BCUT2D eigenvalue weighted by Crippen LogP contribution is -2.46. The average Bonchev–Trinajstić information content (AvgIpc) is 2.65. The number of piperazine rings is 1. The molecular formula is C23H40N2. The van der Waals surface area contributed by atoms with Gasteiger partial charge in [0.15, 0.2) is 0 Å². The Bertz CT molecular complexity index is 409. The first kappa shape index (κ1) is 20.5. The molecule has 1 heterocycles. The Kier molecular flexibility index (Phi) is 10.9.